The first-order valence-electron chi connectivity index (χ1n) is 9.56. The normalized spacial score (nSPS) is 18.5. The van der Waals surface area contributed by atoms with E-state index in [0.29, 0.717) is 11.0 Å². The number of carbonyl (C=O) groups excluding carboxylic acids is 1. The van der Waals surface area contributed by atoms with Crippen molar-refractivity contribution in [1.29, 1.82) is 0 Å². The lowest BCUT2D eigenvalue weighted by Crippen LogP contribution is -2.44. The number of rotatable bonds is 4. The number of nitrogens with one attached hydrogen (secondary N) is 2. The van der Waals surface area contributed by atoms with Gasteiger partial charge in [0, 0.05) is 42.2 Å². The van der Waals surface area contributed by atoms with E-state index in [4.69, 9.17) is 0 Å². The molecule has 0 spiro atoms. The van der Waals surface area contributed by atoms with Gasteiger partial charge in [0.25, 0.3) is 5.56 Å². The minimum Gasteiger partial charge on any atom is -0.353 e. The number of carbonyl (C=O) groups is 1. The molecular formula is C21H20N6O2. The molecule has 0 radical (unpaired) electrons. The smallest absolute Gasteiger partial charge is 0.260 e. The molecule has 29 heavy (non-hydrogen) atoms. The average molecular weight is 388 g/mol. The Hall–Kier alpha value is -3.68. The van der Waals surface area contributed by atoms with E-state index < -0.39 is 0 Å². The third-order valence-electron chi connectivity index (χ3n) is 5.43. The Morgan fingerprint density at radius 1 is 1.21 bits per heavy atom. The molecule has 146 valence electrons. The van der Waals surface area contributed by atoms with Gasteiger partial charge < -0.3 is 14.9 Å². The van der Waals surface area contributed by atoms with Crippen LogP contribution in [-0.2, 0) is 4.79 Å². The number of aromatic nitrogens is 5. The maximum absolute atomic E-state index is 12.6. The number of amides is 1. The van der Waals surface area contributed by atoms with Crippen molar-refractivity contribution in [3.63, 3.8) is 0 Å². The van der Waals surface area contributed by atoms with Gasteiger partial charge in [-0.1, -0.05) is 18.2 Å². The number of para-hydroxylation sites is 1. The summed E-state index contributed by atoms with van der Waals surface area (Å²) in [5.74, 6) is -0.00458. The summed E-state index contributed by atoms with van der Waals surface area (Å²) >= 11 is 0. The minimum absolute atomic E-state index is 0.00458. The van der Waals surface area contributed by atoms with Crippen molar-refractivity contribution in [2.75, 3.05) is 0 Å². The molecule has 8 nitrogen and oxygen atoms in total. The van der Waals surface area contributed by atoms with Crippen LogP contribution in [0.15, 0.2) is 60.0 Å². The summed E-state index contributed by atoms with van der Waals surface area (Å²) in [6.07, 6.45) is 8.81. The molecule has 0 unspecified atom stereocenters. The maximum atomic E-state index is 12.6. The van der Waals surface area contributed by atoms with Crippen LogP contribution in [0.25, 0.3) is 27.8 Å². The Morgan fingerprint density at radius 3 is 2.76 bits per heavy atom. The minimum atomic E-state index is -0.179. The van der Waals surface area contributed by atoms with Crippen LogP contribution < -0.4 is 10.9 Å². The second-order valence-corrected chi connectivity index (χ2v) is 7.41. The SMILES string of the molecule is CC(=O)NC1CC(n2cc(-c3cn(-c4ccccc4)c4nc[nH]c(=O)c34)cn2)C1. The van der Waals surface area contributed by atoms with Gasteiger partial charge in [0.1, 0.15) is 0 Å². The van der Waals surface area contributed by atoms with Crippen LogP contribution in [0.2, 0.25) is 0 Å². The fourth-order valence-corrected chi connectivity index (χ4v) is 3.96. The van der Waals surface area contributed by atoms with Crippen LogP contribution in [0.3, 0.4) is 0 Å². The lowest BCUT2D eigenvalue weighted by Gasteiger charge is -2.35. The van der Waals surface area contributed by atoms with E-state index in [1.807, 2.05) is 52.0 Å². The highest BCUT2D eigenvalue weighted by molar-refractivity contribution is 5.94. The second-order valence-electron chi connectivity index (χ2n) is 7.41. The first kappa shape index (κ1) is 17.4. The summed E-state index contributed by atoms with van der Waals surface area (Å²) in [5, 5.41) is 7.98. The average Bonchev–Trinajstić information content (AvgIpc) is 3.30. The lowest BCUT2D eigenvalue weighted by molar-refractivity contribution is -0.120. The topological polar surface area (TPSA) is 97.6 Å². The summed E-state index contributed by atoms with van der Waals surface area (Å²) in [4.78, 5) is 30.9. The first-order chi connectivity index (χ1) is 14.1. The molecule has 1 amide bonds. The Morgan fingerprint density at radius 2 is 2.00 bits per heavy atom. The molecule has 4 aromatic rings. The molecule has 3 aromatic heterocycles. The van der Waals surface area contributed by atoms with Gasteiger partial charge in [-0.3, -0.25) is 14.3 Å². The molecule has 5 rings (SSSR count). The second kappa shape index (κ2) is 6.73. The highest BCUT2D eigenvalue weighted by Gasteiger charge is 2.31. The van der Waals surface area contributed by atoms with E-state index in [2.05, 4.69) is 20.4 Å². The molecular weight excluding hydrogens is 368 g/mol. The Bertz CT molecular complexity index is 1250. The maximum Gasteiger partial charge on any atom is 0.260 e. The van der Waals surface area contributed by atoms with Crippen LogP contribution >= 0.6 is 0 Å². The van der Waals surface area contributed by atoms with Crippen molar-refractivity contribution < 1.29 is 4.79 Å². The van der Waals surface area contributed by atoms with Crippen molar-refractivity contribution >= 4 is 16.9 Å². The number of hydrogen-bond acceptors (Lipinski definition) is 4. The van der Waals surface area contributed by atoms with E-state index in [9.17, 15) is 9.59 Å². The van der Waals surface area contributed by atoms with Crippen LogP contribution in [0.5, 0.6) is 0 Å². The quantitative estimate of drug-likeness (QED) is 0.561. The van der Waals surface area contributed by atoms with Gasteiger partial charge in [0.05, 0.1) is 24.0 Å². The van der Waals surface area contributed by atoms with Crippen molar-refractivity contribution in [2.45, 2.75) is 31.8 Å². The van der Waals surface area contributed by atoms with Gasteiger partial charge in [-0.05, 0) is 25.0 Å². The van der Waals surface area contributed by atoms with Crippen LogP contribution in [-0.4, -0.2) is 36.3 Å². The fraction of sp³-hybridized carbons (Fsp3) is 0.238. The number of H-pyrrole nitrogens is 1. The molecule has 1 fully saturated rings. The molecule has 1 aromatic carbocycles. The van der Waals surface area contributed by atoms with Crippen molar-refractivity contribution in [2.24, 2.45) is 0 Å². The lowest BCUT2D eigenvalue weighted by atomic mass is 9.87. The largest absolute Gasteiger partial charge is 0.353 e. The van der Waals surface area contributed by atoms with Gasteiger partial charge in [-0.2, -0.15) is 5.10 Å². The van der Waals surface area contributed by atoms with E-state index in [1.165, 1.54) is 13.3 Å². The van der Waals surface area contributed by atoms with Crippen LogP contribution in [0.4, 0.5) is 0 Å². The Labute approximate surface area is 166 Å². The highest BCUT2D eigenvalue weighted by Crippen LogP contribution is 2.34. The molecule has 0 saturated heterocycles. The van der Waals surface area contributed by atoms with Crippen LogP contribution in [0, 0.1) is 0 Å². The molecule has 1 aliphatic carbocycles. The molecule has 3 heterocycles. The molecule has 1 saturated carbocycles. The summed E-state index contributed by atoms with van der Waals surface area (Å²) in [6.45, 7) is 1.54. The summed E-state index contributed by atoms with van der Waals surface area (Å²) < 4.78 is 3.84. The number of nitrogens with zero attached hydrogens (tertiary/aromatic N) is 4. The zero-order valence-electron chi connectivity index (χ0n) is 15.9. The zero-order valence-corrected chi connectivity index (χ0v) is 15.9. The van der Waals surface area contributed by atoms with Gasteiger partial charge in [0.2, 0.25) is 5.91 Å². The highest BCUT2D eigenvalue weighted by atomic mass is 16.1. The first-order valence-corrected chi connectivity index (χ1v) is 9.56. The van der Waals surface area contributed by atoms with Gasteiger partial charge in [0.15, 0.2) is 5.65 Å². The fourth-order valence-electron chi connectivity index (χ4n) is 3.96. The number of aromatic amines is 1. The van der Waals surface area contributed by atoms with E-state index in [1.54, 1.807) is 6.20 Å². The third-order valence-corrected chi connectivity index (χ3v) is 5.43. The summed E-state index contributed by atoms with van der Waals surface area (Å²) in [7, 11) is 0. The number of fused-ring (bicyclic) bond motifs is 1. The number of hydrogen-bond donors (Lipinski definition) is 2. The monoisotopic (exact) mass is 388 g/mol. The molecule has 0 aliphatic heterocycles. The third kappa shape index (κ3) is 3.02. The predicted octanol–water partition coefficient (Wildman–Crippen LogP) is 2.42. The summed E-state index contributed by atoms with van der Waals surface area (Å²) in [5.41, 5.74) is 3.03. The Kier molecular flexibility index (Phi) is 4.04. The predicted molar refractivity (Wildman–Crippen MR) is 109 cm³/mol. The zero-order chi connectivity index (χ0) is 20.0. The summed E-state index contributed by atoms with van der Waals surface area (Å²) in [6, 6.07) is 10.3. The van der Waals surface area contributed by atoms with E-state index >= 15 is 0 Å². The standard InChI is InChI=1S/C21H20N6O2/c1-13(28)25-15-7-17(8-15)27-10-14(9-24-27)18-11-26(16-5-3-2-4-6-16)20-19(18)21(29)23-12-22-20/h2-6,9-12,15,17H,7-8H2,1H3,(H,25,28)(H,22,23,29). The van der Waals surface area contributed by atoms with Gasteiger partial charge >= 0.3 is 0 Å². The van der Waals surface area contributed by atoms with Crippen LogP contribution in [0.1, 0.15) is 25.8 Å². The van der Waals surface area contributed by atoms with E-state index in [-0.39, 0.29) is 23.6 Å². The van der Waals surface area contributed by atoms with Crippen molar-refractivity contribution in [1.82, 2.24) is 29.6 Å². The Balaban J connectivity index is 1.53. The van der Waals surface area contributed by atoms with Gasteiger partial charge in [-0.25, -0.2) is 4.98 Å². The molecule has 0 bridgehead atoms. The molecule has 8 heteroatoms. The molecule has 0 atom stereocenters. The van der Waals surface area contributed by atoms with E-state index in [0.717, 1.165) is 29.7 Å². The van der Waals surface area contributed by atoms with Crippen molar-refractivity contribution in [3.8, 4) is 16.8 Å². The van der Waals surface area contributed by atoms with Crippen molar-refractivity contribution in [3.05, 3.63) is 65.6 Å². The molecule has 1 aliphatic rings. The molecule has 2 N–H and O–H groups in total. The number of benzene rings is 1. The van der Waals surface area contributed by atoms with Gasteiger partial charge in [-0.15, -0.1) is 0 Å².